The van der Waals surface area contributed by atoms with Crippen LogP contribution in [-0.2, 0) is 0 Å². The first-order chi connectivity index (χ1) is 16.2. The van der Waals surface area contributed by atoms with E-state index in [-0.39, 0.29) is 18.7 Å². The first-order valence-electron chi connectivity index (χ1n) is 11.4. The highest BCUT2D eigenvalue weighted by Crippen LogP contribution is 2.33. The van der Waals surface area contributed by atoms with Crippen LogP contribution in [0.15, 0.2) is 72.8 Å². The molecule has 1 saturated heterocycles. The Morgan fingerprint density at radius 3 is 2.58 bits per heavy atom. The molecule has 6 heteroatoms. The number of carbonyl (C=O) groups is 1. The molecule has 0 unspecified atom stereocenters. The molecule has 1 atom stereocenters. The monoisotopic (exact) mass is 444 g/mol. The second-order valence-corrected chi connectivity index (χ2v) is 8.52. The van der Waals surface area contributed by atoms with Crippen molar-refractivity contribution in [1.29, 1.82) is 0 Å². The van der Waals surface area contributed by atoms with E-state index in [0.29, 0.717) is 17.9 Å². The zero-order chi connectivity index (χ0) is 22.6. The van der Waals surface area contributed by atoms with Gasteiger partial charge in [0.2, 0.25) is 0 Å². The highest BCUT2D eigenvalue weighted by molar-refractivity contribution is 6.09. The lowest BCUT2D eigenvalue weighted by molar-refractivity contribution is 0.0937. The largest absolute Gasteiger partial charge is 0.494 e. The standard InChI is InChI=1S/C27H28N2O4/c30-23-13-15-28(18-23)14-4-16-32-24-10-8-22(9-11-24)29-19-33-26-17-21(7-12-25(26)27(29)31)20-5-2-1-3-6-20/h1-3,5-12,17,23,30H,4,13-16,18-19H2/t23-/m0/s1. The predicted molar refractivity (Wildman–Crippen MR) is 128 cm³/mol. The Hall–Kier alpha value is -3.35. The van der Waals surface area contributed by atoms with Crippen LogP contribution in [0.1, 0.15) is 23.2 Å². The molecule has 33 heavy (non-hydrogen) atoms. The van der Waals surface area contributed by atoms with E-state index in [1.54, 1.807) is 4.90 Å². The molecule has 6 nitrogen and oxygen atoms in total. The Bertz CT molecular complexity index is 1100. The highest BCUT2D eigenvalue weighted by atomic mass is 16.5. The molecule has 2 heterocycles. The van der Waals surface area contributed by atoms with Crippen molar-refractivity contribution in [1.82, 2.24) is 4.90 Å². The van der Waals surface area contributed by atoms with Crippen LogP contribution in [0.3, 0.4) is 0 Å². The van der Waals surface area contributed by atoms with Gasteiger partial charge in [-0.3, -0.25) is 9.69 Å². The summed E-state index contributed by atoms with van der Waals surface area (Å²) in [5.74, 6) is 1.32. The van der Waals surface area contributed by atoms with Gasteiger partial charge in [-0.2, -0.15) is 0 Å². The molecule has 0 saturated carbocycles. The Labute approximate surface area is 194 Å². The number of hydrogen-bond donors (Lipinski definition) is 1. The fourth-order valence-electron chi connectivity index (χ4n) is 4.37. The van der Waals surface area contributed by atoms with Crippen molar-refractivity contribution < 1.29 is 19.4 Å². The maximum atomic E-state index is 13.1. The summed E-state index contributed by atoms with van der Waals surface area (Å²) in [6, 6.07) is 23.3. The number of nitrogens with zero attached hydrogens (tertiary/aromatic N) is 2. The number of hydrogen-bond acceptors (Lipinski definition) is 5. The lowest BCUT2D eigenvalue weighted by atomic mass is 10.0. The molecule has 1 fully saturated rings. The number of amides is 1. The number of rotatable bonds is 7. The summed E-state index contributed by atoms with van der Waals surface area (Å²) < 4.78 is 11.8. The van der Waals surface area contributed by atoms with E-state index in [0.717, 1.165) is 55.0 Å². The zero-order valence-corrected chi connectivity index (χ0v) is 18.5. The van der Waals surface area contributed by atoms with Crippen LogP contribution in [0.4, 0.5) is 5.69 Å². The average Bonchev–Trinajstić information content (AvgIpc) is 3.28. The van der Waals surface area contributed by atoms with Gasteiger partial charge < -0.3 is 19.5 Å². The Morgan fingerprint density at radius 1 is 1.00 bits per heavy atom. The number of likely N-dealkylation sites (tertiary alicyclic amines) is 1. The Kier molecular flexibility index (Phi) is 6.28. The molecular weight excluding hydrogens is 416 g/mol. The topological polar surface area (TPSA) is 62.2 Å². The molecule has 3 aromatic rings. The maximum Gasteiger partial charge on any atom is 0.264 e. The molecule has 5 rings (SSSR count). The van der Waals surface area contributed by atoms with Crippen molar-refractivity contribution in [3.63, 3.8) is 0 Å². The first kappa shape index (κ1) is 21.5. The molecule has 1 N–H and O–H groups in total. The van der Waals surface area contributed by atoms with Crippen LogP contribution < -0.4 is 14.4 Å². The lowest BCUT2D eigenvalue weighted by Gasteiger charge is -2.29. The zero-order valence-electron chi connectivity index (χ0n) is 18.5. The maximum absolute atomic E-state index is 13.1. The van der Waals surface area contributed by atoms with E-state index >= 15 is 0 Å². The minimum atomic E-state index is -0.183. The third-order valence-corrected chi connectivity index (χ3v) is 6.20. The highest BCUT2D eigenvalue weighted by Gasteiger charge is 2.27. The first-order valence-corrected chi connectivity index (χ1v) is 11.4. The summed E-state index contributed by atoms with van der Waals surface area (Å²) in [5, 5.41) is 9.59. The van der Waals surface area contributed by atoms with Gasteiger partial charge >= 0.3 is 0 Å². The van der Waals surface area contributed by atoms with Gasteiger partial charge in [-0.05, 0) is 60.4 Å². The second-order valence-electron chi connectivity index (χ2n) is 8.52. The number of anilines is 1. The molecule has 2 aliphatic heterocycles. The van der Waals surface area contributed by atoms with Crippen molar-refractivity contribution in [2.24, 2.45) is 0 Å². The van der Waals surface area contributed by atoms with Gasteiger partial charge in [0.15, 0.2) is 6.73 Å². The molecule has 1 amide bonds. The molecule has 0 spiro atoms. The van der Waals surface area contributed by atoms with Crippen LogP contribution in [0, 0.1) is 0 Å². The Morgan fingerprint density at radius 2 is 1.82 bits per heavy atom. The number of benzene rings is 3. The predicted octanol–water partition coefficient (Wildman–Crippen LogP) is 4.19. The second kappa shape index (κ2) is 9.65. The van der Waals surface area contributed by atoms with Crippen LogP contribution in [0.2, 0.25) is 0 Å². The minimum Gasteiger partial charge on any atom is -0.494 e. The van der Waals surface area contributed by atoms with E-state index < -0.39 is 0 Å². The summed E-state index contributed by atoms with van der Waals surface area (Å²) in [4.78, 5) is 17.0. The Balaban J connectivity index is 1.19. The number of ether oxygens (including phenoxy) is 2. The molecule has 3 aromatic carbocycles. The third-order valence-electron chi connectivity index (χ3n) is 6.20. The minimum absolute atomic E-state index is 0.0719. The van der Waals surface area contributed by atoms with E-state index in [2.05, 4.69) is 4.90 Å². The van der Waals surface area contributed by atoms with Crippen LogP contribution in [-0.4, -0.2) is 55.0 Å². The van der Waals surface area contributed by atoms with Crippen molar-refractivity contribution in [2.75, 3.05) is 37.9 Å². The van der Waals surface area contributed by atoms with E-state index in [4.69, 9.17) is 9.47 Å². The van der Waals surface area contributed by atoms with Gasteiger partial charge in [0.25, 0.3) is 5.91 Å². The van der Waals surface area contributed by atoms with E-state index in [1.165, 1.54) is 0 Å². The number of aliphatic hydroxyl groups excluding tert-OH is 1. The van der Waals surface area contributed by atoms with Gasteiger partial charge in [0, 0.05) is 25.3 Å². The van der Waals surface area contributed by atoms with Crippen molar-refractivity contribution in [2.45, 2.75) is 18.9 Å². The fraction of sp³-hybridized carbons (Fsp3) is 0.296. The molecular formula is C27H28N2O4. The molecule has 2 aliphatic rings. The van der Waals surface area contributed by atoms with Crippen LogP contribution >= 0.6 is 0 Å². The van der Waals surface area contributed by atoms with Gasteiger partial charge in [0.1, 0.15) is 11.5 Å². The van der Waals surface area contributed by atoms with Gasteiger partial charge in [0.05, 0.1) is 18.3 Å². The van der Waals surface area contributed by atoms with Crippen molar-refractivity contribution in [3.05, 3.63) is 78.4 Å². The molecule has 170 valence electrons. The number of β-amino-alcohol motifs (C(OH)–C–C–N with tert-alkyl or cyclic N) is 1. The summed E-state index contributed by atoms with van der Waals surface area (Å²) >= 11 is 0. The summed E-state index contributed by atoms with van der Waals surface area (Å²) in [6.45, 7) is 3.44. The smallest absolute Gasteiger partial charge is 0.264 e. The fourth-order valence-corrected chi connectivity index (χ4v) is 4.37. The van der Waals surface area contributed by atoms with Crippen molar-refractivity contribution >= 4 is 11.6 Å². The van der Waals surface area contributed by atoms with Crippen LogP contribution in [0.5, 0.6) is 11.5 Å². The van der Waals surface area contributed by atoms with E-state index in [9.17, 15) is 9.90 Å². The quantitative estimate of drug-likeness (QED) is 0.554. The number of fused-ring (bicyclic) bond motifs is 1. The summed E-state index contributed by atoms with van der Waals surface area (Å²) in [7, 11) is 0. The lowest BCUT2D eigenvalue weighted by Crippen LogP contribution is -2.38. The van der Waals surface area contributed by atoms with E-state index in [1.807, 2.05) is 72.8 Å². The molecule has 0 radical (unpaired) electrons. The molecule has 0 aromatic heterocycles. The van der Waals surface area contributed by atoms with Crippen LogP contribution in [0.25, 0.3) is 11.1 Å². The normalized spacial score (nSPS) is 18.2. The van der Waals surface area contributed by atoms with Gasteiger partial charge in [-0.15, -0.1) is 0 Å². The average molecular weight is 445 g/mol. The summed E-state index contributed by atoms with van der Waals surface area (Å²) in [6.07, 6.45) is 1.59. The SMILES string of the molecule is O=C1c2ccc(-c3ccccc3)cc2OCN1c1ccc(OCCCN2CC[C@H](O)C2)cc1. The molecule has 0 bridgehead atoms. The number of aliphatic hydroxyl groups is 1. The van der Waals surface area contributed by atoms with Gasteiger partial charge in [-0.1, -0.05) is 36.4 Å². The third kappa shape index (κ3) is 4.87. The van der Waals surface area contributed by atoms with Gasteiger partial charge in [-0.25, -0.2) is 0 Å². The number of carbonyl (C=O) groups excluding carboxylic acids is 1. The summed E-state index contributed by atoms with van der Waals surface area (Å²) in [5.41, 5.74) is 3.45. The van der Waals surface area contributed by atoms with Crippen molar-refractivity contribution in [3.8, 4) is 22.6 Å². The molecule has 0 aliphatic carbocycles.